The van der Waals surface area contributed by atoms with Crippen LogP contribution in [0, 0.1) is 5.92 Å². The zero-order chi connectivity index (χ0) is 17.8. The van der Waals surface area contributed by atoms with Crippen LogP contribution in [0.5, 0.6) is 0 Å². The first-order chi connectivity index (χ1) is 12.0. The molecule has 1 aromatic heterocycles. The first-order valence-electron chi connectivity index (χ1n) is 8.60. The van der Waals surface area contributed by atoms with E-state index in [1.54, 1.807) is 17.7 Å². The maximum atomic E-state index is 12.4. The number of nitrogens with zero attached hydrogens (tertiary/aromatic N) is 2. The number of hydrogen-bond acceptors (Lipinski definition) is 2. The number of nitrogens with one attached hydrogen (secondary N) is 1. The van der Waals surface area contributed by atoms with Gasteiger partial charge in [-0.2, -0.15) is 0 Å². The fraction of sp³-hybridized carbons (Fsp3) is 0.421. The summed E-state index contributed by atoms with van der Waals surface area (Å²) in [6, 6.07) is 12.1. The van der Waals surface area contributed by atoms with Crippen LogP contribution >= 0.6 is 23.2 Å². The lowest BCUT2D eigenvalue weighted by molar-refractivity contribution is 0.0922. The van der Waals surface area contributed by atoms with Gasteiger partial charge in [-0.15, -0.1) is 0 Å². The van der Waals surface area contributed by atoms with E-state index in [-0.39, 0.29) is 5.91 Å². The van der Waals surface area contributed by atoms with E-state index in [4.69, 9.17) is 23.2 Å². The molecule has 0 spiro atoms. The minimum atomic E-state index is -0.128. The fourth-order valence-electron chi connectivity index (χ4n) is 3.39. The van der Waals surface area contributed by atoms with E-state index in [0.717, 1.165) is 32.5 Å². The second kappa shape index (κ2) is 8.26. The summed E-state index contributed by atoms with van der Waals surface area (Å²) in [4.78, 5) is 14.8. The number of halogens is 2. The molecule has 0 saturated carbocycles. The van der Waals surface area contributed by atoms with E-state index in [9.17, 15) is 4.79 Å². The summed E-state index contributed by atoms with van der Waals surface area (Å²) in [5, 5.41) is 3.82. The molecular weight excluding hydrogens is 357 g/mol. The van der Waals surface area contributed by atoms with Gasteiger partial charge in [0.05, 0.1) is 5.02 Å². The van der Waals surface area contributed by atoms with Crippen molar-refractivity contribution in [2.75, 3.05) is 19.6 Å². The zero-order valence-corrected chi connectivity index (χ0v) is 15.9. The second-order valence-corrected chi connectivity index (χ2v) is 7.43. The average Bonchev–Trinajstić information content (AvgIpc) is 2.88. The van der Waals surface area contributed by atoms with Gasteiger partial charge in [0.15, 0.2) is 0 Å². The standard InChI is InChI=1S/C19H23Cl2N3O/c1-23-17(10-16(20)18(23)21)19(25)22-11-15-8-5-9-24(13-15)12-14-6-3-2-4-7-14/h2-4,6-7,10,15H,5,8-9,11-13H2,1H3,(H,22,25). The molecule has 0 aliphatic carbocycles. The van der Waals surface area contributed by atoms with Crippen LogP contribution in [-0.2, 0) is 13.6 Å². The maximum absolute atomic E-state index is 12.4. The number of aromatic nitrogens is 1. The Bertz CT molecular complexity index is 730. The Morgan fingerprint density at radius 3 is 2.72 bits per heavy atom. The first kappa shape index (κ1) is 18.3. The summed E-state index contributed by atoms with van der Waals surface area (Å²) in [5.74, 6) is 0.337. The summed E-state index contributed by atoms with van der Waals surface area (Å²) < 4.78 is 1.61. The molecular formula is C19H23Cl2N3O. The molecule has 1 aromatic carbocycles. The molecule has 1 aliphatic heterocycles. The number of rotatable bonds is 5. The molecule has 6 heteroatoms. The molecule has 1 amide bonds. The van der Waals surface area contributed by atoms with Crippen molar-refractivity contribution in [2.24, 2.45) is 13.0 Å². The van der Waals surface area contributed by atoms with Gasteiger partial charge >= 0.3 is 0 Å². The lowest BCUT2D eigenvalue weighted by atomic mass is 9.97. The van der Waals surface area contributed by atoms with Crippen LogP contribution in [0.3, 0.4) is 0 Å². The van der Waals surface area contributed by atoms with Crippen LogP contribution in [0.4, 0.5) is 0 Å². The van der Waals surface area contributed by atoms with Crippen LogP contribution in [-0.4, -0.2) is 35.0 Å². The van der Waals surface area contributed by atoms with Gasteiger partial charge < -0.3 is 9.88 Å². The van der Waals surface area contributed by atoms with E-state index in [1.165, 1.54) is 5.56 Å². The van der Waals surface area contributed by atoms with Gasteiger partial charge in [-0.3, -0.25) is 9.69 Å². The third kappa shape index (κ3) is 4.57. The molecule has 1 N–H and O–H groups in total. The summed E-state index contributed by atoms with van der Waals surface area (Å²) in [7, 11) is 1.74. The summed E-state index contributed by atoms with van der Waals surface area (Å²) >= 11 is 12.0. The molecule has 2 heterocycles. The highest BCUT2D eigenvalue weighted by Gasteiger charge is 2.22. The van der Waals surface area contributed by atoms with Gasteiger partial charge in [-0.25, -0.2) is 0 Å². The Kier molecular flexibility index (Phi) is 6.05. The van der Waals surface area contributed by atoms with Gasteiger partial charge in [0.25, 0.3) is 5.91 Å². The number of piperidine rings is 1. The van der Waals surface area contributed by atoms with Crippen molar-refractivity contribution in [3.05, 3.63) is 57.8 Å². The normalized spacial score (nSPS) is 18.3. The van der Waals surface area contributed by atoms with Crippen molar-refractivity contribution in [2.45, 2.75) is 19.4 Å². The van der Waals surface area contributed by atoms with Crippen LogP contribution < -0.4 is 5.32 Å². The Balaban J connectivity index is 1.52. The quantitative estimate of drug-likeness (QED) is 0.852. The Morgan fingerprint density at radius 1 is 1.28 bits per heavy atom. The second-order valence-electron chi connectivity index (χ2n) is 6.67. The minimum Gasteiger partial charge on any atom is -0.350 e. The van der Waals surface area contributed by atoms with Gasteiger partial charge in [-0.1, -0.05) is 53.5 Å². The zero-order valence-electron chi connectivity index (χ0n) is 14.3. The summed E-state index contributed by atoms with van der Waals surface area (Å²) in [5.41, 5.74) is 1.83. The van der Waals surface area contributed by atoms with E-state index >= 15 is 0 Å². The third-order valence-electron chi connectivity index (χ3n) is 4.75. The van der Waals surface area contributed by atoms with E-state index < -0.39 is 0 Å². The monoisotopic (exact) mass is 379 g/mol. The Labute approximate surface area is 158 Å². The SMILES string of the molecule is Cn1c(C(=O)NCC2CCCN(Cc3ccccc3)C2)cc(Cl)c1Cl. The summed E-state index contributed by atoms with van der Waals surface area (Å²) in [6.45, 7) is 3.76. The molecule has 1 atom stereocenters. The summed E-state index contributed by atoms with van der Waals surface area (Å²) in [6.07, 6.45) is 2.30. The molecule has 25 heavy (non-hydrogen) atoms. The van der Waals surface area contributed by atoms with Crippen LogP contribution in [0.2, 0.25) is 10.2 Å². The van der Waals surface area contributed by atoms with Crippen molar-refractivity contribution in [1.29, 1.82) is 0 Å². The minimum absolute atomic E-state index is 0.128. The van der Waals surface area contributed by atoms with E-state index in [2.05, 4.69) is 34.5 Å². The van der Waals surface area contributed by atoms with E-state index in [1.807, 2.05) is 6.07 Å². The van der Waals surface area contributed by atoms with Crippen molar-refractivity contribution >= 4 is 29.1 Å². The van der Waals surface area contributed by atoms with Gasteiger partial charge in [0.2, 0.25) is 0 Å². The Hall–Kier alpha value is -1.49. The van der Waals surface area contributed by atoms with E-state index in [0.29, 0.717) is 28.3 Å². The lowest BCUT2D eigenvalue weighted by Crippen LogP contribution is -2.40. The van der Waals surface area contributed by atoms with Crippen LogP contribution in [0.1, 0.15) is 28.9 Å². The average molecular weight is 380 g/mol. The largest absolute Gasteiger partial charge is 0.350 e. The molecule has 0 bridgehead atoms. The fourth-order valence-corrected chi connectivity index (χ4v) is 3.77. The topological polar surface area (TPSA) is 37.3 Å². The molecule has 1 unspecified atom stereocenters. The molecule has 1 aliphatic rings. The van der Waals surface area contributed by atoms with Crippen molar-refractivity contribution in [3.8, 4) is 0 Å². The maximum Gasteiger partial charge on any atom is 0.268 e. The van der Waals surface area contributed by atoms with Crippen LogP contribution in [0.15, 0.2) is 36.4 Å². The predicted octanol–water partition coefficient (Wildman–Crippen LogP) is 3.97. The van der Waals surface area contributed by atoms with Crippen LogP contribution in [0.25, 0.3) is 0 Å². The van der Waals surface area contributed by atoms with Crippen molar-refractivity contribution in [3.63, 3.8) is 0 Å². The number of carbonyl (C=O) groups is 1. The molecule has 0 radical (unpaired) electrons. The molecule has 2 aromatic rings. The highest BCUT2D eigenvalue weighted by atomic mass is 35.5. The van der Waals surface area contributed by atoms with Crippen molar-refractivity contribution in [1.82, 2.24) is 14.8 Å². The number of amides is 1. The predicted molar refractivity (Wildman–Crippen MR) is 102 cm³/mol. The molecule has 1 fully saturated rings. The number of likely N-dealkylation sites (tertiary alicyclic amines) is 1. The van der Waals surface area contributed by atoms with Crippen molar-refractivity contribution < 1.29 is 4.79 Å². The Morgan fingerprint density at radius 2 is 2.04 bits per heavy atom. The van der Waals surface area contributed by atoms with Gasteiger partial charge in [0, 0.05) is 26.7 Å². The molecule has 134 valence electrons. The number of hydrogen-bond donors (Lipinski definition) is 1. The molecule has 4 nitrogen and oxygen atoms in total. The first-order valence-corrected chi connectivity index (χ1v) is 9.35. The molecule has 1 saturated heterocycles. The highest BCUT2D eigenvalue weighted by Crippen LogP contribution is 2.25. The third-order valence-corrected chi connectivity index (χ3v) is 5.59. The molecule has 3 rings (SSSR count). The number of carbonyl (C=O) groups excluding carboxylic acids is 1. The lowest BCUT2D eigenvalue weighted by Gasteiger charge is -2.32. The highest BCUT2D eigenvalue weighted by molar-refractivity contribution is 6.41. The van der Waals surface area contributed by atoms with Gasteiger partial charge in [0.1, 0.15) is 10.8 Å². The van der Waals surface area contributed by atoms with Gasteiger partial charge in [-0.05, 0) is 36.9 Å². The smallest absolute Gasteiger partial charge is 0.268 e. The number of benzene rings is 1.